The Kier molecular flexibility index (Phi) is 4.12. The van der Waals surface area contributed by atoms with E-state index in [4.69, 9.17) is 4.74 Å². The Morgan fingerprint density at radius 1 is 1.26 bits per heavy atom. The quantitative estimate of drug-likeness (QED) is 0.761. The van der Waals surface area contributed by atoms with E-state index in [2.05, 4.69) is 14.8 Å². The van der Waals surface area contributed by atoms with E-state index in [1.54, 1.807) is 18.1 Å². The first-order valence-corrected chi connectivity index (χ1v) is 5.84. The standard InChI is InChI=1S/C13H15N3O3/c1-18-11-5-3-10(4-6-11)16-9-14-12(15-16)7-8-13(17)19-2/h3-6,9H,7-8H2,1-2H3. The van der Waals surface area contributed by atoms with Crippen molar-refractivity contribution in [3.05, 3.63) is 36.4 Å². The zero-order chi connectivity index (χ0) is 13.7. The lowest BCUT2D eigenvalue weighted by Gasteiger charge is -2.02. The van der Waals surface area contributed by atoms with Crippen LogP contribution in [-0.2, 0) is 16.0 Å². The fraction of sp³-hybridized carbons (Fsp3) is 0.308. The third-order valence-electron chi connectivity index (χ3n) is 2.66. The maximum atomic E-state index is 11.0. The molecule has 0 aliphatic rings. The van der Waals surface area contributed by atoms with Crippen LogP contribution >= 0.6 is 0 Å². The van der Waals surface area contributed by atoms with Crippen LogP contribution in [0.2, 0.25) is 0 Å². The number of rotatable bonds is 5. The molecule has 0 saturated heterocycles. The minimum atomic E-state index is -0.263. The van der Waals surface area contributed by atoms with E-state index in [-0.39, 0.29) is 12.4 Å². The Hall–Kier alpha value is -2.37. The molecule has 0 radical (unpaired) electrons. The first kappa shape index (κ1) is 13.1. The first-order chi connectivity index (χ1) is 9.22. The molecule has 0 atom stereocenters. The summed E-state index contributed by atoms with van der Waals surface area (Å²) in [6, 6.07) is 7.48. The summed E-state index contributed by atoms with van der Waals surface area (Å²) in [6.45, 7) is 0. The van der Waals surface area contributed by atoms with E-state index in [1.165, 1.54) is 7.11 Å². The van der Waals surface area contributed by atoms with Gasteiger partial charge in [-0.3, -0.25) is 4.79 Å². The molecule has 0 amide bonds. The van der Waals surface area contributed by atoms with Crippen LogP contribution in [0.1, 0.15) is 12.2 Å². The van der Waals surface area contributed by atoms with Gasteiger partial charge in [-0.2, -0.15) is 5.10 Å². The summed E-state index contributed by atoms with van der Waals surface area (Å²) in [7, 11) is 2.99. The Morgan fingerprint density at radius 3 is 2.63 bits per heavy atom. The lowest BCUT2D eigenvalue weighted by molar-refractivity contribution is -0.140. The molecule has 0 bridgehead atoms. The monoisotopic (exact) mass is 261 g/mol. The number of esters is 1. The predicted molar refractivity (Wildman–Crippen MR) is 68.2 cm³/mol. The second kappa shape index (κ2) is 5.99. The molecule has 0 unspecified atom stereocenters. The molecule has 0 saturated carbocycles. The first-order valence-electron chi connectivity index (χ1n) is 5.84. The number of carbonyl (C=O) groups is 1. The van der Waals surface area contributed by atoms with Crippen molar-refractivity contribution >= 4 is 5.97 Å². The maximum absolute atomic E-state index is 11.0. The molecule has 100 valence electrons. The van der Waals surface area contributed by atoms with Gasteiger partial charge in [-0.25, -0.2) is 9.67 Å². The van der Waals surface area contributed by atoms with Gasteiger partial charge in [0.15, 0.2) is 5.82 Å². The molecule has 2 aromatic rings. The number of aryl methyl sites for hydroxylation is 1. The minimum absolute atomic E-state index is 0.263. The number of carbonyl (C=O) groups excluding carboxylic acids is 1. The van der Waals surface area contributed by atoms with Crippen molar-refractivity contribution < 1.29 is 14.3 Å². The van der Waals surface area contributed by atoms with E-state index in [1.807, 2.05) is 24.3 Å². The van der Waals surface area contributed by atoms with Gasteiger partial charge in [0.2, 0.25) is 0 Å². The second-order valence-corrected chi connectivity index (χ2v) is 3.88. The van der Waals surface area contributed by atoms with Crippen LogP contribution in [-0.4, -0.2) is 35.0 Å². The average Bonchev–Trinajstić information content (AvgIpc) is 2.93. The van der Waals surface area contributed by atoms with Gasteiger partial charge in [0, 0.05) is 6.42 Å². The van der Waals surface area contributed by atoms with Crippen molar-refractivity contribution in [2.45, 2.75) is 12.8 Å². The number of methoxy groups -OCH3 is 2. The van der Waals surface area contributed by atoms with Crippen molar-refractivity contribution in [1.82, 2.24) is 14.8 Å². The topological polar surface area (TPSA) is 66.2 Å². The van der Waals surface area contributed by atoms with Gasteiger partial charge < -0.3 is 9.47 Å². The van der Waals surface area contributed by atoms with Gasteiger partial charge in [0.1, 0.15) is 12.1 Å². The van der Waals surface area contributed by atoms with Crippen LogP contribution in [0.25, 0.3) is 5.69 Å². The van der Waals surface area contributed by atoms with E-state index in [0.717, 1.165) is 11.4 Å². The van der Waals surface area contributed by atoms with Crippen molar-refractivity contribution in [3.8, 4) is 11.4 Å². The number of hydrogen-bond donors (Lipinski definition) is 0. The Bertz CT molecular complexity index is 549. The summed E-state index contributed by atoms with van der Waals surface area (Å²) in [6.07, 6.45) is 2.37. The second-order valence-electron chi connectivity index (χ2n) is 3.88. The van der Waals surface area contributed by atoms with Crippen molar-refractivity contribution in [2.24, 2.45) is 0 Å². The van der Waals surface area contributed by atoms with E-state index in [9.17, 15) is 4.79 Å². The SMILES string of the molecule is COC(=O)CCc1ncn(-c2ccc(OC)cc2)n1. The van der Waals surface area contributed by atoms with Crippen LogP contribution in [0, 0.1) is 0 Å². The van der Waals surface area contributed by atoms with Gasteiger partial charge in [-0.15, -0.1) is 0 Å². The number of nitrogens with zero attached hydrogens (tertiary/aromatic N) is 3. The molecule has 1 aromatic heterocycles. The zero-order valence-corrected chi connectivity index (χ0v) is 10.9. The highest BCUT2D eigenvalue weighted by molar-refractivity contribution is 5.69. The smallest absolute Gasteiger partial charge is 0.305 e. The third kappa shape index (κ3) is 3.31. The van der Waals surface area contributed by atoms with Gasteiger partial charge in [0.25, 0.3) is 0 Å². The molecule has 1 heterocycles. The van der Waals surface area contributed by atoms with Crippen LogP contribution in [0.5, 0.6) is 5.75 Å². The number of ether oxygens (including phenoxy) is 2. The molecule has 6 nitrogen and oxygen atoms in total. The molecule has 0 aliphatic heterocycles. The minimum Gasteiger partial charge on any atom is -0.497 e. The van der Waals surface area contributed by atoms with E-state index >= 15 is 0 Å². The van der Waals surface area contributed by atoms with Gasteiger partial charge in [-0.1, -0.05) is 0 Å². The highest BCUT2D eigenvalue weighted by Crippen LogP contribution is 2.14. The molecule has 0 spiro atoms. The van der Waals surface area contributed by atoms with E-state index in [0.29, 0.717) is 12.2 Å². The zero-order valence-electron chi connectivity index (χ0n) is 10.9. The summed E-state index contributed by atoms with van der Waals surface area (Å²) in [5.41, 5.74) is 0.887. The fourth-order valence-electron chi connectivity index (χ4n) is 1.59. The van der Waals surface area contributed by atoms with Crippen molar-refractivity contribution in [2.75, 3.05) is 14.2 Å². The number of aromatic nitrogens is 3. The number of hydrogen-bond acceptors (Lipinski definition) is 5. The number of benzene rings is 1. The molecule has 1 aromatic carbocycles. The molecule has 6 heteroatoms. The highest BCUT2D eigenvalue weighted by atomic mass is 16.5. The molecule has 0 fully saturated rings. The van der Waals surface area contributed by atoms with Crippen LogP contribution in [0.4, 0.5) is 0 Å². The molecular formula is C13H15N3O3. The van der Waals surface area contributed by atoms with Crippen LogP contribution in [0.15, 0.2) is 30.6 Å². The largest absolute Gasteiger partial charge is 0.497 e. The molecule has 0 aliphatic carbocycles. The summed E-state index contributed by atoms with van der Waals surface area (Å²) in [5, 5.41) is 4.30. The summed E-state index contributed by atoms with van der Waals surface area (Å²) < 4.78 is 11.3. The summed E-state index contributed by atoms with van der Waals surface area (Å²) in [4.78, 5) is 15.2. The normalized spacial score (nSPS) is 10.2. The van der Waals surface area contributed by atoms with Gasteiger partial charge >= 0.3 is 5.97 Å². The van der Waals surface area contributed by atoms with Gasteiger partial charge in [0.05, 0.1) is 26.3 Å². The lowest BCUT2D eigenvalue weighted by atomic mass is 10.3. The van der Waals surface area contributed by atoms with Crippen LogP contribution < -0.4 is 4.74 Å². The molecule has 19 heavy (non-hydrogen) atoms. The van der Waals surface area contributed by atoms with E-state index < -0.39 is 0 Å². The van der Waals surface area contributed by atoms with Crippen molar-refractivity contribution in [3.63, 3.8) is 0 Å². The molecule has 0 N–H and O–H groups in total. The Morgan fingerprint density at radius 2 is 2.00 bits per heavy atom. The summed E-state index contributed by atoms with van der Waals surface area (Å²) in [5.74, 6) is 1.14. The van der Waals surface area contributed by atoms with Crippen LogP contribution in [0.3, 0.4) is 0 Å². The predicted octanol–water partition coefficient (Wildman–Crippen LogP) is 1.38. The van der Waals surface area contributed by atoms with Crippen molar-refractivity contribution in [1.29, 1.82) is 0 Å². The fourth-order valence-corrected chi connectivity index (χ4v) is 1.59. The highest BCUT2D eigenvalue weighted by Gasteiger charge is 2.06. The average molecular weight is 261 g/mol. The summed E-state index contributed by atoms with van der Waals surface area (Å²) >= 11 is 0. The lowest BCUT2D eigenvalue weighted by Crippen LogP contribution is -2.03. The third-order valence-corrected chi connectivity index (χ3v) is 2.66. The Labute approximate surface area is 111 Å². The maximum Gasteiger partial charge on any atom is 0.305 e. The molecular weight excluding hydrogens is 246 g/mol. The van der Waals surface area contributed by atoms with Gasteiger partial charge in [-0.05, 0) is 24.3 Å². The molecule has 2 rings (SSSR count). The Balaban J connectivity index is 2.05.